The Morgan fingerprint density at radius 2 is 2.39 bits per heavy atom. The quantitative estimate of drug-likeness (QED) is 0.878. The van der Waals surface area contributed by atoms with E-state index in [0.717, 1.165) is 19.5 Å². The van der Waals surface area contributed by atoms with Gasteiger partial charge in [0.2, 0.25) is 0 Å². The third kappa shape index (κ3) is 3.15. The van der Waals surface area contributed by atoms with Gasteiger partial charge in [0.05, 0.1) is 5.02 Å². The van der Waals surface area contributed by atoms with Gasteiger partial charge in [-0.1, -0.05) is 11.6 Å². The van der Waals surface area contributed by atoms with Crippen molar-refractivity contribution in [2.75, 3.05) is 26.7 Å². The molecule has 1 atom stereocenters. The minimum absolute atomic E-state index is 0.00867. The van der Waals surface area contributed by atoms with E-state index in [1.54, 1.807) is 6.07 Å². The Hall–Kier alpha value is -1.26. The Bertz CT molecular complexity index is 451. The fraction of sp³-hybridized carbons (Fsp3) is 0.462. The maximum Gasteiger partial charge on any atom is 0.251 e. The highest BCUT2D eigenvalue weighted by atomic mass is 35.5. The zero-order valence-electron chi connectivity index (χ0n) is 10.3. The van der Waals surface area contributed by atoms with Gasteiger partial charge < -0.3 is 15.3 Å². The van der Waals surface area contributed by atoms with Gasteiger partial charge in [0.1, 0.15) is 5.75 Å². The Labute approximate surface area is 112 Å². The number of likely N-dealkylation sites (tertiary alicyclic amines) is 1. The molecule has 1 fully saturated rings. The van der Waals surface area contributed by atoms with Crippen molar-refractivity contribution in [3.63, 3.8) is 0 Å². The summed E-state index contributed by atoms with van der Waals surface area (Å²) < 4.78 is 0. The highest BCUT2D eigenvalue weighted by Crippen LogP contribution is 2.23. The van der Waals surface area contributed by atoms with Gasteiger partial charge in [0.15, 0.2) is 0 Å². The molecule has 0 spiro atoms. The zero-order valence-corrected chi connectivity index (χ0v) is 11.1. The maximum absolute atomic E-state index is 11.9. The number of phenolic OH excluding ortho intramolecular Hbond substituents is 1. The van der Waals surface area contributed by atoms with Crippen LogP contribution in [0.4, 0.5) is 0 Å². The lowest BCUT2D eigenvalue weighted by Crippen LogP contribution is -2.30. The minimum atomic E-state index is -0.147. The molecule has 2 rings (SSSR count). The SMILES string of the molecule is CN1CCC(CNC(=O)c2ccc(O)c(Cl)c2)C1. The Morgan fingerprint density at radius 1 is 1.61 bits per heavy atom. The molecule has 1 aliphatic heterocycles. The van der Waals surface area contributed by atoms with Gasteiger partial charge in [0.25, 0.3) is 5.91 Å². The minimum Gasteiger partial charge on any atom is -0.506 e. The first kappa shape index (κ1) is 13.2. The summed E-state index contributed by atoms with van der Waals surface area (Å²) >= 11 is 5.77. The van der Waals surface area contributed by atoms with Crippen molar-refractivity contribution in [1.29, 1.82) is 0 Å². The summed E-state index contributed by atoms with van der Waals surface area (Å²) in [6, 6.07) is 4.48. The molecule has 1 aromatic carbocycles. The third-order valence-corrected chi connectivity index (χ3v) is 3.55. The number of aromatic hydroxyl groups is 1. The zero-order chi connectivity index (χ0) is 13.1. The molecule has 0 aliphatic carbocycles. The monoisotopic (exact) mass is 268 g/mol. The smallest absolute Gasteiger partial charge is 0.251 e. The Balaban J connectivity index is 1.89. The molecule has 1 aliphatic rings. The van der Waals surface area contributed by atoms with Gasteiger partial charge in [-0.15, -0.1) is 0 Å². The average Bonchev–Trinajstić information content (AvgIpc) is 2.75. The van der Waals surface area contributed by atoms with E-state index in [1.165, 1.54) is 12.1 Å². The van der Waals surface area contributed by atoms with Crippen LogP contribution in [-0.2, 0) is 0 Å². The van der Waals surface area contributed by atoms with Crippen molar-refractivity contribution in [3.8, 4) is 5.75 Å². The molecule has 1 unspecified atom stereocenters. The third-order valence-electron chi connectivity index (χ3n) is 3.25. The normalized spacial score (nSPS) is 20.0. The number of carbonyl (C=O) groups excluding carboxylic acids is 1. The lowest BCUT2D eigenvalue weighted by atomic mass is 10.1. The van der Waals surface area contributed by atoms with E-state index in [9.17, 15) is 9.90 Å². The predicted octanol–water partition coefficient (Wildman–Crippen LogP) is 1.73. The molecule has 0 saturated carbocycles. The van der Waals surface area contributed by atoms with E-state index in [4.69, 9.17) is 11.6 Å². The Kier molecular flexibility index (Phi) is 4.09. The van der Waals surface area contributed by atoms with Gasteiger partial charge in [-0.3, -0.25) is 4.79 Å². The number of nitrogens with zero attached hydrogens (tertiary/aromatic N) is 1. The molecule has 2 N–H and O–H groups in total. The number of hydrogen-bond acceptors (Lipinski definition) is 3. The molecule has 1 saturated heterocycles. The van der Waals surface area contributed by atoms with E-state index >= 15 is 0 Å². The van der Waals surface area contributed by atoms with Gasteiger partial charge in [0, 0.05) is 18.7 Å². The average molecular weight is 269 g/mol. The van der Waals surface area contributed by atoms with Crippen molar-refractivity contribution < 1.29 is 9.90 Å². The van der Waals surface area contributed by atoms with E-state index < -0.39 is 0 Å². The number of benzene rings is 1. The number of halogens is 1. The van der Waals surface area contributed by atoms with Crippen LogP contribution in [0, 0.1) is 5.92 Å². The van der Waals surface area contributed by atoms with Gasteiger partial charge in [-0.25, -0.2) is 0 Å². The van der Waals surface area contributed by atoms with Crippen LogP contribution in [0.3, 0.4) is 0 Å². The van der Waals surface area contributed by atoms with Gasteiger partial charge in [-0.05, 0) is 44.1 Å². The fourth-order valence-corrected chi connectivity index (χ4v) is 2.36. The van der Waals surface area contributed by atoms with Crippen LogP contribution in [0.15, 0.2) is 18.2 Å². The summed E-state index contributed by atoms with van der Waals surface area (Å²) in [5, 5.41) is 12.4. The standard InChI is InChI=1S/C13H17ClN2O2/c1-16-5-4-9(8-16)7-15-13(18)10-2-3-12(17)11(14)6-10/h2-3,6,9,17H,4-5,7-8H2,1H3,(H,15,18). The van der Waals surface area contributed by atoms with Crippen LogP contribution in [0.2, 0.25) is 5.02 Å². The molecule has 18 heavy (non-hydrogen) atoms. The van der Waals surface area contributed by atoms with Crippen LogP contribution in [0.1, 0.15) is 16.8 Å². The fourth-order valence-electron chi connectivity index (χ4n) is 2.18. The van der Waals surface area contributed by atoms with Crippen LogP contribution in [0.25, 0.3) is 0 Å². The molecular weight excluding hydrogens is 252 g/mol. The number of nitrogens with one attached hydrogen (secondary N) is 1. The highest BCUT2D eigenvalue weighted by molar-refractivity contribution is 6.32. The predicted molar refractivity (Wildman–Crippen MR) is 71.1 cm³/mol. The number of rotatable bonds is 3. The van der Waals surface area contributed by atoms with E-state index in [-0.39, 0.29) is 16.7 Å². The van der Waals surface area contributed by atoms with E-state index in [0.29, 0.717) is 18.0 Å². The molecule has 0 aromatic heterocycles. The molecular formula is C13H17ClN2O2. The summed E-state index contributed by atoms with van der Waals surface area (Å²) in [4.78, 5) is 14.1. The number of hydrogen-bond donors (Lipinski definition) is 2. The lowest BCUT2D eigenvalue weighted by Gasteiger charge is -2.12. The summed E-state index contributed by atoms with van der Waals surface area (Å²) in [5.74, 6) is 0.364. The molecule has 1 amide bonds. The van der Waals surface area contributed by atoms with Crippen molar-refractivity contribution in [1.82, 2.24) is 10.2 Å². The Morgan fingerprint density at radius 3 is 3.00 bits per heavy atom. The van der Waals surface area contributed by atoms with Crippen LogP contribution in [0.5, 0.6) is 5.75 Å². The summed E-state index contributed by atoms with van der Waals surface area (Å²) in [5.41, 5.74) is 0.476. The molecule has 98 valence electrons. The molecule has 5 heteroatoms. The molecule has 1 aromatic rings. The highest BCUT2D eigenvalue weighted by Gasteiger charge is 2.20. The summed E-state index contributed by atoms with van der Waals surface area (Å²) in [6.45, 7) is 2.80. The van der Waals surface area contributed by atoms with Crippen molar-refractivity contribution >= 4 is 17.5 Å². The largest absolute Gasteiger partial charge is 0.506 e. The molecule has 4 nitrogen and oxygen atoms in total. The van der Waals surface area contributed by atoms with Crippen molar-refractivity contribution in [3.05, 3.63) is 28.8 Å². The summed E-state index contributed by atoms with van der Waals surface area (Å²) in [7, 11) is 2.08. The van der Waals surface area contributed by atoms with Crippen molar-refractivity contribution in [2.24, 2.45) is 5.92 Å². The first-order valence-electron chi connectivity index (χ1n) is 6.01. The number of amides is 1. The van der Waals surface area contributed by atoms with Gasteiger partial charge >= 0.3 is 0 Å². The first-order chi connectivity index (χ1) is 8.56. The number of phenols is 1. The second-order valence-electron chi connectivity index (χ2n) is 4.79. The molecule has 1 heterocycles. The van der Waals surface area contributed by atoms with Crippen LogP contribution >= 0.6 is 11.6 Å². The van der Waals surface area contributed by atoms with Gasteiger partial charge in [-0.2, -0.15) is 0 Å². The topological polar surface area (TPSA) is 52.6 Å². The van der Waals surface area contributed by atoms with Crippen LogP contribution < -0.4 is 5.32 Å². The second kappa shape index (κ2) is 5.59. The van der Waals surface area contributed by atoms with Crippen LogP contribution in [-0.4, -0.2) is 42.6 Å². The van der Waals surface area contributed by atoms with E-state index in [1.807, 2.05) is 0 Å². The van der Waals surface area contributed by atoms with E-state index in [2.05, 4.69) is 17.3 Å². The maximum atomic E-state index is 11.9. The molecule has 0 radical (unpaired) electrons. The summed E-state index contributed by atoms with van der Waals surface area (Å²) in [6.07, 6.45) is 1.12. The second-order valence-corrected chi connectivity index (χ2v) is 5.20. The van der Waals surface area contributed by atoms with Crippen molar-refractivity contribution in [2.45, 2.75) is 6.42 Å². The molecule has 0 bridgehead atoms. The lowest BCUT2D eigenvalue weighted by molar-refractivity contribution is 0.0947. The first-order valence-corrected chi connectivity index (χ1v) is 6.39. The number of carbonyl (C=O) groups is 1.